The van der Waals surface area contributed by atoms with Crippen LogP contribution in [0.25, 0.3) is 0 Å². The van der Waals surface area contributed by atoms with Gasteiger partial charge < -0.3 is 9.47 Å². The van der Waals surface area contributed by atoms with Crippen LogP contribution in [0.2, 0.25) is 0 Å². The van der Waals surface area contributed by atoms with Crippen LogP contribution in [0.5, 0.6) is 0 Å². The van der Waals surface area contributed by atoms with Crippen LogP contribution >= 0.6 is 0 Å². The first-order valence-corrected chi connectivity index (χ1v) is 18.2. The highest BCUT2D eigenvalue weighted by Crippen LogP contribution is 2.39. The minimum absolute atomic E-state index is 0.00559. The van der Waals surface area contributed by atoms with Crippen molar-refractivity contribution in [2.75, 3.05) is 6.61 Å². The van der Waals surface area contributed by atoms with Crippen molar-refractivity contribution < 1.29 is 19.1 Å². The summed E-state index contributed by atoms with van der Waals surface area (Å²) >= 11 is 0. The van der Waals surface area contributed by atoms with Crippen LogP contribution in [0.4, 0.5) is 0 Å². The Morgan fingerprint density at radius 2 is 0.860 bits per heavy atom. The van der Waals surface area contributed by atoms with E-state index in [1.807, 2.05) is 0 Å². The van der Waals surface area contributed by atoms with Crippen LogP contribution in [-0.4, -0.2) is 36.0 Å². The van der Waals surface area contributed by atoms with E-state index in [4.69, 9.17) is 9.47 Å². The van der Waals surface area contributed by atoms with Crippen molar-refractivity contribution in [3.8, 4) is 0 Å². The number of ether oxygens (including phenoxy) is 2. The summed E-state index contributed by atoms with van der Waals surface area (Å²) in [6.45, 7) is 6.38. The molecule has 248 valence electrons. The number of carbonyl (C=O) groups is 2. The summed E-state index contributed by atoms with van der Waals surface area (Å²) in [7, 11) is 0. The van der Waals surface area contributed by atoms with Gasteiger partial charge in [-0.1, -0.05) is 104 Å². The van der Waals surface area contributed by atoms with Gasteiger partial charge in [-0.3, -0.25) is 9.59 Å². The van der Waals surface area contributed by atoms with Crippen molar-refractivity contribution in [1.29, 1.82) is 0 Å². The molecule has 0 fully saturated rings. The van der Waals surface area contributed by atoms with E-state index in [9.17, 15) is 9.59 Å². The van der Waals surface area contributed by atoms with E-state index in [2.05, 4.69) is 34.3 Å². The van der Waals surface area contributed by atoms with Crippen LogP contribution < -0.4 is 0 Å². The summed E-state index contributed by atoms with van der Waals surface area (Å²) in [5.41, 5.74) is 0.0115. The number of hydrogen-bond donors (Lipinski definition) is 0. The highest BCUT2D eigenvalue weighted by molar-refractivity contribution is 5.70. The van der Waals surface area contributed by atoms with Crippen LogP contribution in [0.1, 0.15) is 188 Å². The maximum Gasteiger partial charge on any atom is 0.306 e. The molecule has 0 saturated heterocycles. The number of nitrogens with zero attached hydrogens (tertiary/aromatic N) is 4. The molecule has 1 atom stereocenters. The molecule has 43 heavy (non-hydrogen) atoms. The summed E-state index contributed by atoms with van der Waals surface area (Å²) in [4.78, 5) is 24.2. The molecule has 0 spiro atoms. The van der Waals surface area contributed by atoms with E-state index in [-0.39, 0.29) is 29.9 Å². The predicted octanol–water partition coefficient (Wildman–Crippen LogP) is 11.0. The lowest BCUT2D eigenvalue weighted by atomic mass is 9.98. The highest BCUT2D eigenvalue weighted by atomic mass is 16.6. The number of carbonyl (C=O) groups excluding carboxylic acids is 2. The smallest absolute Gasteiger partial charge is 0.306 e. The zero-order valence-electron chi connectivity index (χ0n) is 28.1. The Bertz CT molecular complexity index is 804. The normalized spacial score (nSPS) is 16.3. The van der Waals surface area contributed by atoms with Crippen LogP contribution in [0, 0.1) is 0 Å². The fraction of sp³-hybridized carbons (Fsp3) is 0.943. The lowest BCUT2D eigenvalue weighted by Gasteiger charge is -2.13. The topological polar surface area (TPSA) is 102 Å². The van der Waals surface area contributed by atoms with Gasteiger partial charge in [-0.15, -0.1) is 0 Å². The molecule has 0 N–H and O–H groups in total. The first-order valence-electron chi connectivity index (χ1n) is 18.2. The molecule has 0 bridgehead atoms. The van der Waals surface area contributed by atoms with Gasteiger partial charge in [-0.05, 0) is 71.1 Å². The predicted molar refractivity (Wildman–Crippen MR) is 173 cm³/mol. The maximum absolute atomic E-state index is 12.1. The largest absolute Gasteiger partial charge is 0.462 e. The molecule has 0 aromatic carbocycles. The molecular formula is C35H64N4O4. The minimum Gasteiger partial charge on any atom is -0.462 e. The number of hydrogen-bond acceptors (Lipinski definition) is 8. The average Bonchev–Trinajstić information content (AvgIpc) is 3.93. The van der Waals surface area contributed by atoms with Gasteiger partial charge in [-0.2, -0.15) is 20.5 Å². The Morgan fingerprint density at radius 1 is 0.512 bits per heavy atom. The minimum atomic E-state index is -0.391. The Morgan fingerprint density at radius 3 is 1.26 bits per heavy atom. The molecule has 2 heterocycles. The lowest BCUT2D eigenvalue weighted by Crippen LogP contribution is -2.22. The molecule has 0 aliphatic carbocycles. The Balaban J connectivity index is 1.29. The van der Waals surface area contributed by atoms with E-state index < -0.39 is 6.10 Å². The van der Waals surface area contributed by atoms with E-state index in [0.29, 0.717) is 12.8 Å². The van der Waals surface area contributed by atoms with E-state index >= 15 is 0 Å². The molecular weight excluding hydrogens is 540 g/mol. The number of rotatable bonds is 31. The second-order valence-electron chi connectivity index (χ2n) is 13.2. The van der Waals surface area contributed by atoms with E-state index in [1.165, 1.54) is 103 Å². The molecule has 8 heteroatoms. The van der Waals surface area contributed by atoms with Gasteiger partial charge in [0, 0.05) is 12.8 Å². The second kappa shape index (κ2) is 22.6. The van der Waals surface area contributed by atoms with E-state index in [0.717, 1.165) is 51.4 Å². The van der Waals surface area contributed by atoms with Crippen molar-refractivity contribution in [3.05, 3.63) is 0 Å². The summed E-state index contributed by atoms with van der Waals surface area (Å²) in [6, 6.07) is 0. The molecule has 2 rings (SSSR count). The highest BCUT2D eigenvalue weighted by Gasteiger charge is 2.38. The molecule has 2 aliphatic heterocycles. The zero-order valence-corrected chi connectivity index (χ0v) is 28.1. The lowest BCUT2D eigenvalue weighted by molar-refractivity contribution is -0.158. The summed E-state index contributed by atoms with van der Waals surface area (Å²) < 4.78 is 10.8. The van der Waals surface area contributed by atoms with Crippen LogP contribution in [0.15, 0.2) is 20.5 Å². The fourth-order valence-corrected chi connectivity index (χ4v) is 5.79. The van der Waals surface area contributed by atoms with Gasteiger partial charge in [0.05, 0.1) is 0 Å². The Kier molecular flexibility index (Phi) is 19.6. The molecule has 2 aliphatic rings. The first-order chi connectivity index (χ1) is 20.9. The van der Waals surface area contributed by atoms with E-state index in [1.54, 1.807) is 6.92 Å². The fourth-order valence-electron chi connectivity index (χ4n) is 5.79. The van der Waals surface area contributed by atoms with Crippen molar-refractivity contribution in [2.45, 2.75) is 205 Å². The molecule has 0 aromatic rings. The molecule has 0 amide bonds. The standard InChI is InChI=1S/C35H64N4O4/c1-4-6-26-34(36-37-34)28-22-18-14-10-8-12-16-20-24-32(40)42-30-31(3)43-33(41)25-21-17-13-9-11-15-19-23-29-35(38-39-35)27-7-5-2/h31H,4-30H2,1-3H3. The first kappa shape index (κ1) is 37.3. The average molecular weight is 605 g/mol. The monoisotopic (exact) mass is 604 g/mol. The summed E-state index contributed by atoms with van der Waals surface area (Å²) in [5, 5.41) is 17.1. The molecule has 0 saturated carbocycles. The Labute approximate surface area is 263 Å². The van der Waals surface area contributed by atoms with Gasteiger partial charge in [0.1, 0.15) is 12.7 Å². The Hall–Kier alpha value is -1.86. The van der Waals surface area contributed by atoms with Gasteiger partial charge in [0.25, 0.3) is 0 Å². The zero-order chi connectivity index (χ0) is 31.1. The summed E-state index contributed by atoms with van der Waals surface area (Å²) in [5.74, 6) is -0.380. The van der Waals surface area contributed by atoms with Crippen molar-refractivity contribution in [3.63, 3.8) is 0 Å². The van der Waals surface area contributed by atoms with Crippen molar-refractivity contribution >= 4 is 11.9 Å². The molecule has 1 unspecified atom stereocenters. The third-order valence-electron chi connectivity index (χ3n) is 8.85. The molecule has 0 aromatic heterocycles. The van der Waals surface area contributed by atoms with Gasteiger partial charge in [-0.25, -0.2) is 0 Å². The third-order valence-corrected chi connectivity index (χ3v) is 8.85. The van der Waals surface area contributed by atoms with Crippen LogP contribution in [-0.2, 0) is 19.1 Å². The number of esters is 2. The molecule has 0 radical (unpaired) electrons. The van der Waals surface area contributed by atoms with Crippen LogP contribution in [0.3, 0.4) is 0 Å². The van der Waals surface area contributed by atoms with Gasteiger partial charge in [0.2, 0.25) is 0 Å². The quantitative estimate of drug-likeness (QED) is 0.0580. The summed E-state index contributed by atoms with van der Waals surface area (Å²) in [6.07, 6.45) is 28.6. The van der Waals surface area contributed by atoms with Gasteiger partial charge in [0.15, 0.2) is 11.3 Å². The van der Waals surface area contributed by atoms with Crippen molar-refractivity contribution in [2.24, 2.45) is 20.5 Å². The maximum atomic E-state index is 12.1. The third kappa shape index (κ3) is 19.2. The van der Waals surface area contributed by atoms with Crippen molar-refractivity contribution in [1.82, 2.24) is 0 Å². The molecule has 8 nitrogen and oxygen atoms in total. The second-order valence-corrected chi connectivity index (χ2v) is 13.2. The SMILES string of the molecule is CCCCC1(CCCCCCCCCCC(=O)OCC(C)OC(=O)CCCCCCCCCCC2(CCCC)N=N2)N=N1. The van der Waals surface area contributed by atoms with Gasteiger partial charge >= 0.3 is 11.9 Å². The number of unbranched alkanes of at least 4 members (excludes halogenated alkanes) is 16.